The molecule has 1 saturated carbocycles. The van der Waals surface area contributed by atoms with Gasteiger partial charge < -0.3 is 19.7 Å². The Morgan fingerprint density at radius 1 is 1.00 bits per heavy atom. The second kappa shape index (κ2) is 11.6. The molecule has 156 valence electrons. The van der Waals surface area contributed by atoms with Crippen molar-refractivity contribution in [2.24, 2.45) is 10.9 Å². The number of ether oxygens (including phenoxy) is 2. The van der Waals surface area contributed by atoms with Crippen molar-refractivity contribution in [3.05, 3.63) is 71.3 Å². The number of likely N-dealkylation sites (N-methyl/N-ethyl adjacent to an activating group) is 1. The highest BCUT2D eigenvalue weighted by molar-refractivity contribution is 5.79. The number of nitrogens with zero attached hydrogens (tertiary/aromatic N) is 2. The predicted molar refractivity (Wildman–Crippen MR) is 118 cm³/mol. The van der Waals surface area contributed by atoms with Crippen molar-refractivity contribution in [3.8, 4) is 0 Å². The molecular weight excluding hydrogens is 362 g/mol. The molecule has 0 spiro atoms. The van der Waals surface area contributed by atoms with Gasteiger partial charge in [-0.3, -0.25) is 4.99 Å². The fourth-order valence-corrected chi connectivity index (χ4v) is 3.12. The van der Waals surface area contributed by atoms with Crippen LogP contribution >= 0.6 is 0 Å². The summed E-state index contributed by atoms with van der Waals surface area (Å²) in [5, 5.41) is 3.46. The summed E-state index contributed by atoms with van der Waals surface area (Å²) in [4.78, 5) is 6.52. The molecule has 1 aliphatic carbocycles. The van der Waals surface area contributed by atoms with Gasteiger partial charge in [0.2, 0.25) is 0 Å². The summed E-state index contributed by atoms with van der Waals surface area (Å²) in [5.74, 6) is 1.68. The number of hydrogen-bond acceptors (Lipinski definition) is 3. The number of nitrogens with one attached hydrogen (secondary N) is 1. The first-order chi connectivity index (χ1) is 14.3. The molecule has 2 aromatic rings. The van der Waals surface area contributed by atoms with Crippen molar-refractivity contribution in [2.45, 2.75) is 32.6 Å². The molecule has 0 saturated heterocycles. The number of guanidine groups is 1. The van der Waals surface area contributed by atoms with Crippen LogP contribution in [0.2, 0.25) is 0 Å². The van der Waals surface area contributed by atoms with Crippen molar-refractivity contribution < 1.29 is 9.47 Å². The first-order valence-electron chi connectivity index (χ1n) is 10.4. The molecule has 1 N–H and O–H groups in total. The van der Waals surface area contributed by atoms with E-state index in [2.05, 4.69) is 51.6 Å². The molecule has 0 aliphatic heterocycles. The predicted octanol–water partition coefficient (Wildman–Crippen LogP) is 3.84. The van der Waals surface area contributed by atoms with Crippen LogP contribution in [0.15, 0.2) is 59.6 Å². The van der Waals surface area contributed by atoms with Gasteiger partial charge >= 0.3 is 0 Å². The number of hydrogen-bond donors (Lipinski definition) is 1. The van der Waals surface area contributed by atoms with E-state index < -0.39 is 0 Å². The Morgan fingerprint density at radius 2 is 1.72 bits per heavy atom. The lowest BCUT2D eigenvalue weighted by Crippen LogP contribution is -2.40. The molecule has 0 atom stereocenters. The summed E-state index contributed by atoms with van der Waals surface area (Å²) in [7, 11) is 3.86. The molecule has 1 fully saturated rings. The van der Waals surface area contributed by atoms with Gasteiger partial charge in [-0.1, -0.05) is 54.6 Å². The SMILES string of the molecule is CN=C(NCc1ccccc1COCc1ccccc1)N(C)CCOCC1CC1. The lowest BCUT2D eigenvalue weighted by molar-refractivity contribution is 0.106. The maximum atomic E-state index is 5.93. The van der Waals surface area contributed by atoms with Gasteiger partial charge in [-0.2, -0.15) is 0 Å². The number of rotatable bonds is 11. The van der Waals surface area contributed by atoms with Gasteiger partial charge in [-0.05, 0) is 35.4 Å². The van der Waals surface area contributed by atoms with Crippen LogP contribution in [-0.4, -0.2) is 44.7 Å². The van der Waals surface area contributed by atoms with Crippen LogP contribution in [-0.2, 0) is 29.2 Å². The maximum absolute atomic E-state index is 5.93. The summed E-state index contributed by atoms with van der Waals surface area (Å²) >= 11 is 0. The lowest BCUT2D eigenvalue weighted by atomic mass is 10.1. The normalized spacial score (nSPS) is 14.1. The van der Waals surface area contributed by atoms with E-state index in [-0.39, 0.29) is 0 Å². The molecule has 1 aliphatic rings. The van der Waals surface area contributed by atoms with Crippen molar-refractivity contribution in [3.63, 3.8) is 0 Å². The monoisotopic (exact) mass is 395 g/mol. The standard InChI is InChI=1S/C24H33N3O2/c1-25-24(27(2)14-15-28-17-21-12-13-21)26-16-22-10-6-7-11-23(22)19-29-18-20-8-4-3-5-9-20/h3-11,21H,12-19H2,1-2H3,(H,25,26). The molecular formula is C24H33N3O2. The Morgan fingerprint density at radius 3 is 2.45 bits per heavy atom. The van der Waals surface area contributed by atoms with Gasteiger partial charge in [0.15, 0.2) is 5.96 Å². The summed E-state index contributed by atoms with van der Waals surface area (Å²) in [6.45, 7) is 4.39. The smallest absolute Gasteiger partial charge is 0.193 e. The summed E-state index contributed by atoms with van der Waals surface area (Å²) in [5.41, 5.74) is 3.61. The third-order valence-corrected chi connectivity index (χ3v) is 5.12. The first kappa shape index (κ1) is 21.3. The quantitative estimate of drug-likeness (QED) is 0.357. The molecule has 29 heavy (non-hydrogen) atoms. The zero-order valence-corrected chi connectivity index (χ0v) is 17.6. The van der Waals surface area contributed by atoms with Crippen LogP contribution in [0.1, 0.15) is 29.5 Å². The molecule has 2 aromatic carbocycles. The second-order valence-corrected chi connectivity index (χ2v) is 7.59. The van der Waals surface area contributed by atoms with E-state index >= 15 is 0 Å². The fourth-order valence-electron chi connectivity index (χ4n) is 3.12. The Bertz CT molecular complexity index is 760. The Hall–Kier alpha value is -2.37. The van der Waals surface area contributed by atoms with Gasteiger partial charge in [0.25, 0.3) is 0 Å². The van der Waals surface area contributed by atoms with E-state index in [1.807, 2.05) is 32.3 Å². The van der Waals surface area contributed by atoms with Crippen LogP contribution in [0.5, 0.6) is 0 Å². The van der Waals surface area contributed by atoms with Crippen molar-refractivity contribution >= 4 is 5.96 Å². The molecule has 0 amide bonds. The Kier molecular flexibility index (Phi) is 8.53. The van der Waals surface area contributed by atoms with Crippen LogP contribution in [0, 0.1) is 5.92 Å². The molecule has 3 rings (SSSR count). The van der Waals surface area contributed by atoms with E-state index in [0.717, 1.165) is 31.6 Å². The maximum Gasteiger partial charge on any atom is 0.193 e. The van der Waals surface area contributed by atoms with Crippen molar-refractivity contribution in [1.82, 2.24) is 10.2 Å². The first-order valence-corrected chi connectivity index (χ1v) is 10.4. The minimum atomic E-state index is 0.593. The average Bonchev–Trinajstić information content (AvgIpc) is 3.58. The molecule has 5 heteroatoms. The lowest BCUT2D eigenvalue weighted by Gasteiger charge is -2.22. The molecule has 0 unspecified atom stereocenters. The number of benzene rings is 2. The van der Waals surface area contributed by atoms with E-state index in [4.69, 9.17) is 9.47 Å². The van der Waals surface area contributed by atoms with Gasteiger partial charge in [0.1, 0.15) is 0 Å². The van der Waals surface area contributed by atoms with Crippen LogP contribution in [0.4, 0.5) is 0 Å². The van der Waals surface area contributed by atoms with Crippen molar-refractivity contribution in [1.29, 1.82) is 0 Å². The number of aliphatic imine (C=N–C) groups is 1. The zero-order chi connectivity index (χ0) is 20.3. The van der Waals surface area contributed by atoms with Crippen LogP contribution in [0.3, 0.4) is 0 Å². The Labute approximate surface area is 174 Å². The summed E-state index contributed by atoms with van der Waals surface area (Å²) < 4.78 is 11.7. The zero-order valence-electron chi connectivity index (χ0n) is 17.6. The fraction of sp³-hybridized carbons (Fsp3) is 0.458. The highest BCUT2D eigenvalue weighted by Crippen LogP contribution is 2.28. The van der Waals surface area contributed by atoms with Crippen LogP contribution < -0.4 is 5.32 Å². The van der Waals surface area contributed by atoms with Crippen LogP contribution in [0.25, 0.3) is 0 Å². The highest BCUT2D eigenvalue weighted by atomic mass is 16.5. The average molecular weight is 396 g/mol. The van der Waals surface area contributed by atoms with E-state index in [9.17, 15) is 0 Å². The molecule has 0 heterocycles. The summed E-state index contributed by atoms with van der Waals surface area (Å²) in [6.07, 6.45) is 2.65. The minimum absolute atomic E-state index is 0.593. The van der Waals surface area contributed by atoms with E-state index in [1.54, 1.807) is 0 Å². The topological polar surface area (TPSA) is 46.1 Å². The second-order valence-electron chi connectivity index (χ2n) is 7.59. The molecule has 0 aromatic heterocycles. The third kappa shape index (κ3) is 7.52. The van der Waals surface area contributed by atoms with E-state index in [0.29, 0.717) is 19.8 Å². The largest absolute Gasteiger partial charge is 0.379 e. The highest BCUT2D eigenvalue weighted by Gasteiger charge is 2.21. The van der Waals surface area contributed by atoms with E-state index in [1.165, 1.54) is 29.5 Å². The molecule has 0 radical (unpaired) electrons. The minimum Gasteiger partial charge on any atom is -0.379 e. The molecule has 0 bridgehead atoms. The van der Waals surface area contributed by atoms with Gasteiger partial charge in [0.05, 0.1) is 19.8 Å². The molecule has 5 nitrogen and oxygen atoms in total. The Balaban J connectivity index is 1.44. The third-order valence-electron chi connectivity index (χ3n) is 5.12. The van der Waals surface area contributed by atoms with Gasteiger partial charge in [0, 0.05) is 33.8 Å². The van der Waals surface area contributed by atoms with Gasteiger partial charge in [-0.15, -0.1) is 0 Å². The summed E-state index contributed by atoms with van der Waals surface area (Å²) in [6, 6.07) is 18.7. The van der Waals surface area contributed by atoms with Crippen molar-refractivity contribution in [2.75, 3.05) is 33.9 Å². The van der Waals surface area contributed by atoms with Gasteiger partial charge in [-0.25, -0.2) is 0 Å².